The molecule has 1 N–H and O–H groups in total. The number of aryl methyl sites for hydroxylation is 1. The summed E-state index contributed by atoms with van der Waals surface area (Å²) in [5, 5.41) is 18.2. The van der Waals surface area contributed by atoms with Gasteiger partial charge >= 0.3 is 0 Å². The Kier molecular flexibility index (Phi) is 3.78. The molecule has 1 amide bonds. The Morgan fingerprint density at radius 3 is 2.64 bits per heavy atom. The summed E-state index contributed by atoms with van der Waals surface area (Å²) in [4.78, 5) is 23.1. The molecule has 1 heterocycles. The smallest absolute Gasteiger partial charge is 0.269 e. The van der Waals surface area contributed by atoms with Crippen molar-refractivity contribution < 1.29 is 9.72 Å². The number of nitro groups is 1. The van der Waals surface area contributed by atoms with Crippen LogP contribution in [0.5, 0.6) is 0 Å². The lowest BCUT2D eigenvalue weighted by atomic mass is 9.88. The van der Waals surface area contributed by atoms with E-state index in [-0.39, 0.29) is 17.5 Å². The Bertz CT molecular complexity index is 827. The van der Waals surface area contributed by atoms with Gasteiger partial charge in [-0.2, -0.15) is 5.10 Å². The van der Waals surface area contributed by atoms with Crippen LogP contribution in [0.25, 0.3) is 5.69 Å². The van der Waals surface area contributed by atoms with E-state index in [1.165, 1.54) is 25.0 Å². The lowest BCUT2D eigenvalue weighted by molar-refractivity contribution is -0.384. The highest BCUT2D eigenvalue weighted by molar-refractivity contribution is 5.92. The van der Waals surface area contributed by atoms with Crippen molar-refractivity contribution in [3.8, 4) is 5.69 Å². The predicted molar refractivity (Wildman–Crippen MR) is 92.5 cm³/mol. The molecule has 1 aromatic heterocycles. The first-order chi connectivity index (χ1) is 12.0. The van der Waals surface area contributed by atoms with Crippen LogP contribution < -0.4 is 5.32 Å². The average Bonchev–Trinajstić information content (AvgIpc) is 3.30. The molecule has 1 aromatic carbocycles. The van der Waals surface area contributed by atoms with Gasteiger partial charge < -0.3 is 5.32 Å². The highest BCUT2D eigenvalue weighted by Crippen LogP contribution is 2.48. The summed E-state index contributed by atoms with van der Waals surface area (Å²) in [7, 11) is 0. The summed E-state index contributed by atoms with van der Waals surface area (Å²) in [6, 6.07) is 7.98. The Hall–Kier alpha value is -2.70. The highest BCUT2D eigenvalue weighted by Gasteiger charge is 2.43. The number of nitro benzene ring substituents is 1. The van der Waals surface area contributed by atoms with Gasteiger partial charge in [-0.25, -0.2) is 4.68 Å². The maximum absolute atomic E-state index is 12.7. The number of rotatable bonds is 4. The van der Waals surface area contributed by atoms with Gasteiger partial charge in [-0.05, 0) is 50.2 Å². The van der Waals surface area contributed by atoms with Crippen molar-refractivity contribution in [2.24, 2.45) is 17.8 Å². The molecule has 2 aromatic rings. The summed E-state index contributed by atoms with van der Waals surface area (Å²) < 4.78 is 1.63. The van der Waals surface area contributed by atoms with Crippen LogP contribution in [0.4, 0.5) is 11.5 Å². The Labute approximate surface area is 145 Å². The number of amides is 1. The Balaban J connectivity index is 1.56. The average molecular weight is 340 g/mol. The van der Waals surface area contributed by atoms with Crippen molar-refractivity contribution >= 4 is 17.4 Å². The van der Waals surface area contributed by atoms with Crippen molar-refractivity contribution in [3.05, 3.63) is 46.1 Å². The number of carbonyl (C=O) groups is 1. The van der Waals surface area contributed by atoms with E-state index in [4.69, 9.17) is 0 Å². The van der Waals surface area contributed by atoms with Crippen LogP contribution in [0.3, 0.4) is 0 Å². The number of fused-ring (bicyclic) bond motifs is 2. The van der Waals surface area contributed by atoms with Gasteiger partial charge in [-0.15, -0.1) is 0 Å². The van der Waals surface area contributed by atoms with Gasteiger partial charge in [-0.3, -0.25) is 14.9 Å². The van der Waals surface area contributed by atoms with Crippen LogP contribution in [-0.4, -0.2) is 20.6 Å². The van der Waals surface area contributed by atoms with E-state index in [1.54, 1.807) is 16.8 Å². The normalized spacial score (nSPS) is 24.4. The summed E-state index contributed by atoms with van der Waals surface area (Å²) in [6.45, 7) is 1.86. The number of hydrogen-bond acceptors (Lipinski definition) is 4. The molecule has 2 aliphatic carbocycles. The topological polar surface area (TPSA) is 90.1 Å². The number of non-ortho nitro benzene ring substituents is 1. The molecule has 3 atom stereocenters. The summed E-state index contributed by atoms with van der Waals surface area (Å²) in [5.41, 5.74) is 1.49. The highest BCUT2D eigenvalue weighted by atomic mass is 16.6. The molecular formula is C18H20N4O3. The SMILES string of the molecule is Cc1cc(NC(=O)C2CC3CCC2C3)n(-c2ccc([N+](=O)[O-])cc2)n1. The second kappa shape index (κ2) is 5.98. The maximum Gasteiger partial charge on any atom is 0.269 e. The summed E-state index contributed by atoms with van der Waals surface area (Å²) >= 11 is 0. The number of aromatic nitrogens is 2. The van der Waals surface area contributed by atoms with Gasteiger partial charge in [0.1, 0.15) is 5.82 Å². The maximum atomic E-state index is 12.7. The molecule has 3 unspecified atom stereocenters. The molecule has 2 saturated carbocycles. The number of anilines is 1. The quantitative estimate of drug-likeness (QED) is 0.681. The molecule has 0 spiro atoms. The van der Waals surface area contributed by atoms with E-state index in [0.29, 0.717) is 23.3 Å². The largest absolute Gasteiger partial charge is 0.310 e. The van der Waals surface area contributed by atoms with Gasteiger partial charge in [-0.1, -0.05) is 6.42 Å². The van der Waals surface area contributed by atoms with E-state index in [0.717, 1.165) is 18.5 Å². The number of nitrogens with zero attached hydrogens (tertiary/aromatic N) is 3. The van der Waals surface area contributed by atoms with Crippen LogP contribution in [0, 0.1) is 34.8 Å². The van der Waals surface area contributed by atoms with Crippen molar-refractivity contribution in [1.29, 1.82) is 0 Å². The van der Waals surface area contributed by atoms with Crippen LogP contribution in [-0.2, 0) is 4.79 Å². The van der Waals surface area contributed by atoms with Crippen molar-refractivity contribution in [2.75, 3.05) is 5.32 Å². The number of hydrogen-bond donors (Lipinski definition) is 1. The second-order valence-electron chi connectivity index (χ2n) is 7.13. The molecule has 7 heteroatoms. The van der Waals surface area contributed by atoms with Gasteiger partial charge in [0.2, 0.25) is 5.91 Å². The lowest BCUT2D eigenvalue weighted by Crippen LogP contribution is -2.28. The van der Waals surface area contributed by atoms with Gasteiger partial charge in [0.05, 0.1) is 16.3 Å². The van der Waals surface area contributed by atoms with Crippen LogP contribution in [0.1, 0.15) is 31.4 Å². The van der Waals surface area contributed by atoms with Crippen LogP contribution in [0.15, 0.2) is 30.3 Å². The van der Waals surface area contributed by atoms with E-state index in [1.807, 2.05) is 13.0 Å². The Morgan fingerprint density at radius 1 is 1.28 bits per heavy atom. The lowest BCUT2D eigenvalue weighted by Gasteiger charge is -2.21. The predicted octanol–water partition coefficient (Wildman–Crippen LogP) is 3.46. The minimum absolute atomic E-state index is 0.0280. The molecular weight excluding hydrogens is 320 g/mol. The zero-order valence-electron chi connectivity index (χ0n) is 14.0. The fourth-order valence-corrected chi connectivity index (χ4v) is 4.29. The first-order valence-corrected chi connectivity index (χ1v) is 8.63. The van der Waals surface area contributed by atoms with E-state index >= 15 is 0 Å². The van der Waals surface area contributed by atoms with Gasteiger partial charge in [0, 0.05) is 24.1 Å². The number of benzene rings is 1. The third-order valence-electron chi connectivity index (χ3n) is 5.46. The molecule has 130 valence electrons. The van der Waals surface area contributed by atoms with Gasteiger partial charge in [0.25, 0.3) is 5.69 Å². The van der Waals surface area contributed by atoms with Crippen molar-refractivity contribution in [1.82, 2.24) is 9.78 Å². The first-order valence-electron chi connectivity index (χ1n) is 8.63. The number of nitrogens with one attached hydrogen (secondary N) is 1. The third kappa shape index (κ3) is 2.90. The van der Waals surface area contributed by atoms with Crippen LogP contribution >= 0.6 is 0 Å². The summed E-state index contributed by atoms with van der Waals surface area (Å²) in [6.07, 6.45) is 4.58. The second-order valence-corrected chi connectivity index (χ2v) is 7.13. The molecule has 2 fully saturated rings. The molecule has 2 bridgehead atoms. The zero-order chi connectivity index (χ0) is 17.6. The molecule has 7 nitrogen and oxygen atoms in total. The Morgan fingerprint density at radius 2 is 2.04 bits per heavy atom. The minimum Gasteiger partial charge on any atom is -0.310 e. The minimum atomic E-state index is -0.435. The molecule has 0 saturated heterocycles. The molecule has 0 radical (unpaired) electrons. The first kappa shape index (κ1) is 15.8. The monoisotopic (exact) mass is 340 g/mol. The fourth-order valence-electron chi connectivity index (χ4n) is 4.29. The van der Waals surface area contributed by atoms with Crippen LogP contribution in [0.2, 0.25) is 0 Å². The van der Waals surface area contributed by atoms with Crippen molar-refractivity contribution in [3.63, 3.8) is 0 Å². The number of carbonyl (C=O) groups excluding carboxylic acids is 1. The third-order valence-corrected chi connectivity index (χ3v) is 5.46. The molecule has 0 aliphatic heterocycles. The molecule has 25 heavy (non-hydrogen) atoms. The molecule has 2 aliphatic rings. The zero-order valence-corrected chi connectivity index (χ0v) is 14.0. The van der Waals surface area contributed by atoms with E-state index in [9.17, 15) is 14.9 Å². The molecule has 4 rings (SSSR count). The van der Waals surface area contributed by atoms with Crippen molar-refractivity contribution in [2.45, 2.75) is 32.6 Å². The standard InChI is InChI=1S/C18H20N4O3/c1-11-8-17(19-18(23)16-10-12-2-3-13(16)9-12)21(20-11)14-4-6-15(7-5-14)22(24)25/h4-8,12-13,16H,2-3,9-10H2,1H3,(H,19,23). The van der Waals surface area contributed by atoms with E-state index < -0.39 is 4.92 Å². The van der Waals surface area contributed by atoms with Gasteiger partial charge in [0.15, 0.2) is 0 Å². The fraction of sp³-hybridized carbons (Fsp3) is 0.444. The van der Waals surface area contributed by atoms with E-state index in [2.05, 4.69) is 10.4 Å². The summed E-state index contributed by atoms with van der Waals surface area (Å²) in [5.74, 6) is 2.00.